The number of alkyl halides is 3. The van der Waals surface area contributed by atoms with E-state index in [0.29, 0.717) is 0 Å². The first-order valence-corrected chi connectivity index (χ1v) is 4.97. The lowest BCUT2D eigenvalue weighted by molar-refractivity contribution is -0.276. The fraction of sp³-hybridized carbons (Fsp3) is 0.143. The largest absolute Gasteiger partial charge is 0.573 e. The molecular weight excluding hydrogens is 368 g/mol. The first kappa shape index (κ1) is 13.4. The Balaban J connectivity index is 3.27. The molecule has 0 amide bonds. The summed E-state index contributed by atoms with van der Waals surface area (Å²) in [6, 6.07) is 0. The summed E-state index contributed by atoms with van der Waals surface area (Å²) in [5.74, 6) is -2.66. The van der Waals surface area contributed by atoms with Crippen molar-refractivity contribution in [3.05, 3.63) is 21.3 Å². The number of aromatic nitrogens is 1. The van der Waals surface area contributed by atoms with Crippen LogP contribution >= 0.6 is 34.2 Å². The van der Waals surface area contributed by atoms with Crippen molar-refractivity contribution in [1.29, 1.82) is 0 Å². The second-order valence-corrected chi connectivity index (χ2v) is 3.79. The SMILES string of the molecule is O=C(Cl)c1cnc(I)c(OC(F)(F)F)c1F. The number of ether oxygens (including phenoxy) is 1. The summed E-state index contributed by atoms with van der Waals surface area (Å²) in [5, 5.41) is -1.26. The zero-order valence-electron chi connectivity index (χ0n) is 7.11. The summed E-state index contributed by atoms with van der Waals surface area (Å²) < 4.78 is 52.1. The maximum Gasteiger partial charge on any atom is 0.573 e. The molecule has 3 nitrogen and oxygen atoms in total. The van der Waals surface area contributed by atoms with Crippen LogP contribution in [0.2, 0.25) is 0 Å². The molecule has 0 N–H and O–H groups in total. The van der Waals surface area contributed by atoms with E-state index >= 15 is 0 Å². The third kappa shape index (κ3) is 3.17. The molecule has 1 rings (SSSR count). The molecule has 1 aromatic rings. The van der Waals surface area contributed by atoms with Crippen molar-refractivity contribution in [1.82, 2.24) is 4.98 Å². The highest BCUT2D eigenvalue weighted by atomic mass is 127. The second kappa shape index (κ2) is 4.70. The van der Waals surface area contributed by atoms with E-state index in [-0.39, 0.29) is 3.70 Å². The average molecular weight is 369 g/mol. The molecule has 0 aromatic carbocycles. The van der Waals surface area contributed by atoms with E-state index in [4.69, 9.17) is 11.6 Å². The minimum Gasteiger partial charge on any atom is -0.400 e. The van der Waals surface area contributed by atoms with Gasteiger partial charge in [0.15, 0.2) is 11.6 Å². The van der Waals surface area contributed by atoms with Crippen LogP contribution in [-0.2, 0) is 0 Å². The lowest BCUT2D eigenvalue weighted by Crippen LogP contribution is -2.20. The van der Waals surface area contributed by atoms with Crippen molar-refractivity contribution >= 4 is 39.4 Å². The van der Waals surface area contributed by atoms with Gasteiger partial charge in [0.2, 0.25) is 0 Å². The predicted molar refractivity (Wildman–Crippen MR) is 53.8 cm³/mol. The number of hydrogen-bond acceptors (Lipinski definition) is 3. The van der Waals surface area contributed by atoms with Crippen LogP contribution in [0.3, 0.4) is 0 Å². The molecule has 88 valence electrons. The number of hydrogen-bond donors (Lipinski definition) is 0. The number of pyridine rings is 1. The van der Waals surface area contributed by atoms with Gasteiger partial charge in [0.25, 0.3) is 5.24 Å². The van der Waals surface area contributed by atoms with Crippen LogP contribution in [0.4, 0.5) is 17.6 Å². The maximum atomic E-state index is 13.3. The first-order valence-electron chi connectivity index (χ1n) is 3.52. The van der Waals surface area contributed by atoms with E-state index in [0.717, 1.165) is 6.20 Å². The Morgan fingerprint density at radius 2 is 2.06 bits per heavy atom. The third-order valence-corrected chi connectivity index (χ3v) is 2.33. The Bertz CT molecular complexity index is 437. The molecule has 1 aromatic heterocycles. The smallest absolute Gasteiger partial charge is 0.400 e. The minimum atomic E-state index is -5.07. The molecule has 0 aliphatic carbocycles. The summed E-state index contributed by atoms with van der Waals surface area (Å²) in [4.78, 5) is 14.0. The van der Waals surface area contributed by atoms with Crippen molar-refractivity contribution in [3.8, 4) is 5.75 Å². The zero-order valence-corrected chi connectivity index (χ0v) is 10.0. The summed E-state index contributed by atoms with van der Waals surface area (Å²) in [6.45, 7) is 0. The van der Waals surface area contributed by atoms with Gasteiger partial charge < -0.3 is 4.74 Å². The van der Waals surface area contributed by atoms with Crippen LogP contribution < -0.4 is 4.74 Å². The molecule has 0 radical (unpaired) electrons. The number of nitrogens with zero attached hydrogens (tertiary/aromatic N) is 1. The summed E-state index contributed by atoms with van der Waals surface area (Å²) >= 11 is 6.28. The maximum absolute atomic E-state index is 13.3. The first-order chi connectivity index (χ1) is 7.22. The van der Waals surface area contributed by atoms with Crippen molar-refractivity contribution < 1.29 is 27.1 Å². The van der Waals surface area contributed by atoms with E-state index in [9.17, 15) is 22.4 Å². The van der Waals surface area contributed by atoms with Crippen molar-refractivity contribution in [3.63, 3.8) is 0 Å². The molecule has 9 heteroatoms. The second-order valence-electron chi connectivity index (χ2n) is 2.43. The lowest BCUT2D eigenvalue weighted by atomic mass is 10.3. The van der Waals surface area contributed by atoms with Crippen LogP contribution in [-0.4, -0.2) is 16.6 Å². The zero-order chi connectivity index (χ0) is 12.5. The molecule has 16 heavy (non-hydrogen) atoms. The number of rotatable bonds is 2. The predicted octanol–water partition coefficient (Wildman–Crippen LogP) is 3.10. The van der Waals surface area contributed by atoms with E-state index in [1.165, 1.54) is 22.6 Å². The van der Waals surface area contributed by atoms with Gasteiger partial charge in [-0.2, -0.15) is 0 Å². The van der Waals surface area contributed by atoms with E-state index in [1.54, 1.807) is 0 Å². The van der Waals surface area contributed by atoms with Gasteiger partial charge in [0, 0.05) is 6.20 Å². The molecule has 1 heterocycles. The highest BCUT2D eigenvalue weighted by Crippen LogP contribution is 2.31. The topological polar surface area (TPSA) is 39.2 Å². The van der Waals surface area contributed by atoms with Gasteiger partial charge in [-0.25, -0.2) is 9.37 Å². The quantitative estimate of drug-likeness (QED) is 0.348. The van der Waals surface area contributed by atoms with Crippen LogP contribution in [0.1, 0.15) is 10.4 Å². The summed E-state index contributed by atoms with van der Waals surface area (Å²) in [7, 11) is 0. The monoisotopic (exact) mass is 369 g/mol. The van der Waals surface area contributed by atoms with Crippen molar-refractivity contribution in [2.45, 2.75) is 6.36 Å². The molecule has 0 aliphatic heterocycles. The van der Waals surface area contributed by atoms with Gasteiger partial charge >= 0.3 is 6.36 Å². The Kier molecular flexibility index (Phi) is 3.94. The highest BCUT2D eigenvalue weighted by Gasteiger charge is 2.34. The van der Waals surface area contributed by atoms with Gasteiger partial charge in [0.1, 0.15) is 3.70 Å². The normalized spacial score (nSPS) is 11.4. The van der Waals surface area contributed by atoms with Gasteiger partial charge in [-0.3, -0.25) is 4.79 Å². The molecule has 0 saturated carbocycles. The van der Waals surface area contributed by atoms with Crippen molar-refractivity contribution in [2.24, 2.45) is 0 Å². The van der Waals surface area contributed by atoms with Crippen LogP contribution in [0.15, 0.2) is 6.20 Å². The molecule has 0 unspecified atom stereocenters. The van der Waals surface area contributed by atoms with Crippen LogP contribution in [0, 0.1) is 9.52 Å². The van der Waals surface area contributed by atoms with Crippen LogP contribution in [0.5, 0.6) is 5.75 Å². The number of halogens is 6. The van der Waals surface area contributed by atoms with E-state index in [1.807, 2.05) is 0 Å². The Hall–Kier alpha value is -0.640. The minimum absolute atomic E-state index is 0.367. The van der Waals surface area contributed by atoms with Gasteiger partial charge in [-0.1, -0.05) is 0 Å². The molecule has 0 saturated heterocycles. The summed E-state index contributed by atoms with van der Waals surface area (Å²) in [5.41, 5.74) is -0.777. The Morgan fingerprint density at radius 3 is 2.50 bits per heavy atom. The molecule has 0 spiro atoms. The lowest BCUT2D eigenvalue weighted by Gasteiger charge is -2.11. The molecule has 0 aliphatic rings. The van der Waals surface area contributed by atoms with Gasteiger partial charge in [0.05, 0.1) is 5.56 Å². The Morgan fingerprint density at radius 1 is 1.50 bits per heavy atom. The molecule has 0 atom stereocenters. The van der Waals surface area contributed by atoms with E-state index < -0.39 is 28.7 Å². The number of carbonyl (C=O) groups excluding carboxylic acids is 1. The van der Waals surface area contributed by atoms with Crippen LogP contribution in [0.25, 0.3) is 0 Å². The van der Waals surface area contributed by atoms with Gasteiger partial charge in [-0.05, 0) is 34.2 Å². The number of carbonyl (C=O) groups is 1. The molecule has 0 bridgehead atoms. The highest BCUT2D eigenvalue weighted by molar-refractivity contribution is 14.1. The fourth-order valence-corrected chi connectivity index (χ4v) is 1.41. The fourth-order valence-electron chi connectivity index (χ4n) is 0.789. The van der Waals surface area contributed by atoms with Gasteiger partial charge in [-0.15, -0.1) is 13.2 Å². The average Bonchev–Trinajstić information content (AvgIpc) is 2.10. The standard InChI is InChI=1S/C7HClF4INO2/c8-5(15)2-1-14-6(13)4(3(2)9)16-7(10,11)12/h1H. The molecule has 0 fully saturated rings. The van der Waals surface area contributed by atoms with Crippen molar-refractivity contribution in [2.75, 3.05) is 0 Å². The van der Waals surface area contributed by atoms with E-state index in [2.05, 4.69) is 9.72 Å². The Labute approximate surface area is 105 Å². The summed E-state index contributed by atoms with van der Waals surface area (Å²) in [6.07, 6.45) is -4.34. The third-order valence-electron chi connectivity index (χ3n) is 1.36. The molecular formula is C7HClF4INO2.